The van der Waals surface area contributed by atoms with E-state index in [0.717, 1.165) is 6.08 Å². The van der Waals surface area contributed by atoms with Crippen LogP contribution in [0.1, 0.15) is 0 Å². The number of carbonyl (C=O) groups excluding carboxylic acids is 1. The van der Waals surface area contributed by atoms with Crippen LogP contribution in [0.4, 0.5) is 0 Å². The molecule has 0 bridgehead atoms. The van der Waals surface area contributed by atoms with E-state index < -0.39 is 5.97 Å². The first-order valence-electron chi connectivity index (χ1n) is 1.44. The molecule has 4 nitrogen and oxygen atoms in total. The predicted octanol–water partition coefficient (Wildman–Crippen LogP) is -2.26. The Morgan fingerprint density at radius 2 is 1.86 bits per heavy atom. The quantitative estimate of drug-likeness (QED) is 0.222. The minimum atomic E-state index is -1.23. The Morgan fingerprint density at radius 1 is 1.71 bits per heavy atom. The van der Waals surface area contributed by atoms with Gasteiger partial charge >= 0.3 is 0 Å². The van der Waals surface area contributed by atoms with E-state index in [4.69, 9.17) is 9.90 Å². The summed E-state index contributed by atoms with van der Waals surface area (Å²) in [6.45, 7) is 2.90. The maximum absolute atomic E-state index is 9.14. The highest BCUT2D eigenvalue weighted by Crippen LogP contribution is 1.47. The normalized spacial score (nSPS) is 5.43. The molecule has 0 aliphatic carbocycles. The molecule has 4 heteroatoms. The minimum Gasteiger partial charge on any atom is -0.545 e. The van der Waals surface area contributed by atoms with Crippen molar-refractivity contribution in [2.24, 2.45) is 11.7 Å². The molecule has 0 aromatic heterocycles. The van der Waals surface area contributed by atoms with Crippen molar-refractivity contribution < 1.29 is 9.90 Å². The van der Waals surface area contributed by atoms with Crippen LogP contribution in [0.3, 0.4) is 0 Å². The van der Waals surface area contributed by atoms with E-state index in [0.29, 0.717) is 0 Å². The maximum atomic E-state index is 9.14. The summed E-state index contributed by atoms with van der Waals surface area (Å²) in [5, 5.41) is 9.14. The summed E-state index contributed by atoms with van der Waals surface area (Å²) in [6.07, 6.45) is 0.722. The number of hydrazine groups is 1. The lowest BCUT2D eigenvalue weighted by atomic mass is 10.7. The fourth-order valence-electron chi connectivity index (χ4n) is 0. The fraction of sp³-hybridized carbons (Fsp3) is 0. The molecular formula is C3H7N2O2-. The van der Waals surface area contributed by atoms with Gasteiger partial charge in [-0.15, -0.1) is 0 Å². The van der Waals surface area contributed by atoms with Gasteiger partial charge in [-0.3, -0.25) is 11.7 Å². The molecule has 0 aromatic rings. The average molecular weight is 103 g/mol. The van der Waals surface area contributed by atoms with E-state index in [1.807, 2.05) is 0 Å². The third kappa shape index (κ3) is 39.4. The number of nitrogens with two attached hydrogens (primary N) is 2. The second kappa shape index (κ2) is 8.93. The second-order valence-corrected chi connectivity index (χ2v) is 0.523. The van der Waals surface area contributed by atoms with Gasteiger partial charge in [0.15, 0.2) is 0 Å². The zero-order valence-corrected chi connectivity index (χ0v) is 3.76. The largest absolute Gasteiger partial charge is 0.545 e. The molecule has 0 fully saturated rings. The number of aliphatic carboxylic acids is 1. The first-order valence-corrected chi connectivity index (χ1v) is 1.44. The summed E-state index contributed by atoms with van der Waals surface area (Å²) < 4.78 is 0. The summed E-state index contributed by atoms with van der Waals surface area (Å²) >= 11 is 0. The van der Waals surface area contributed by atoms with E-state index in [-0.39, 0.29) is 0 Å². The van der Waals surface area contributed by atoms with Gasteiger partial charge in [0.25, 0.3) is 0 Å². The minimum absolute atomic E-state index is 0.722. The zero-order valence-electron chi connectivity index (χ0n) is 3.76. The standard InChI is InChI=1S/C3H4O2.H4N2/c1-2-3(4)5;1-2/h2H,1H2,(H,4,5);1-2H2/p-1. The topological polar surface area (TPSA) is 92.2 Å². The van der Waals surface area contributed by atoms with Crippen molar-refractivity contribution in [1.82, 2.24) is 0 Å². The van der Waals surface area contributed by atoms with Crippen molar-refractivity contribution in [2.45, 2.75) is 0 Å². The first-order chi connectivity index (χ1) is 3.27. The highest BCUT2D eigenvalue weighted by Gasteiger charge is 1.55. The summed E-state index contributed by atoms with van der Waals surface area (Å²) in [6, 6.07) is 0. The zero-order chi connectivity index (χ0) is 6.28. The lowest BCUT2D eigenvalue weighted by Crippen LogP contribution is -2.17. The van der Waals surface area contributed by atoms with Gasteiger partial charge in [-0.25, -0.2) is 0 Å². The Hall–Kier alpha value is -0.870. The van der Waals surface area contributed by atoms with Gasteiger partial charge in [-0.05, 0) is 6.08 Å². The smallest absolute Gasteiger partial charge is 0.0636 e. The summed E-state index contributed by atoms with van der Waals surface area (Å²) in [5.41, 5.74) is 0. The number of carboxylic acids is 1. The molecule has 0 aromatic carbocycles. The molecule has 0 radical (unpaired) electrons. The Kier molecular flexibility index (Phi) is 12.1. The average Bonchev–Trinajstić information content (AvgIpc) is 1.73. The second-order valence-electron chi connectivity index (χ2n) is 0.523. The molecule has 0 heterocycles. The third-order valence-corrected chi connectivity index (χ3v) is 0.167. The molecule has 0 spiro atoms. The van der Waals surface area contributed by atoms with Crippen LogP contribution in [0, 0.1) is 0 Å². The van der Waals surface area contributed by atoms with Gasteiger partial charge in [0.1, 0.15) is 0 Å². The van der Waals surface area contributed by atoms with E-state index in [1.165, 1.54) is 0 Å². The molecule has 0 rings (SSSR count). The van der Waals surface area contributed by atoms with Gasteiger partial charge in [0, 0.05) is 0 Å². The summed E-state index contributed by atoms with van der Waals surface area (Å²) in [5.74, 6) is 6.77. The molecule has 0 unspecified atom stereocenters. The molecule has 0 aliphatic rings. The van der Waals surface area contributed by atoms with Crippen LogP contribution in [0.5, 0.6) is 0 Å². The van der Waals surface area contributed by atoms with Crippen LogP contribution in [0.2, 0.25) is 0 Å². The van der Waals surface area contributed by atoms with Crippen molar-refractivity contribution in [3.8, 4) is 0 Å². The van der Waals surface area contributed by atoms with Crippen LogP contribution in [0.25, 0.3) is 0 Å². The van der Waals surface area contributed by atoms with Gasteiger partial charge in [-0.1, -0.05) is 6.58 Å². The number of rotatable bonds is 1. The van der Waals surface area contributed by atoms with Crippen molar-refractivity contribution >= 4 is 5.97 Å². The molecular weight excluding hydrogens is 96.0 g/mol. The van der Waals surface area contributed by atoms with Crippen LogP contribution >= 0.6 is 0 Å². The first kappa shape index (κ1) is 9.46. The van der Waals surface area contributed by atoms with Crippen LogP contribution < -0.4 is 16.8 Å². The number of hydrogen-bond donors (Lipinski definition) is 2. The lowest BCUT2D eigenvalue weighted by Gasteiger charge is -1.81. The van der Waals surface area contributed by atoms with Gasteiger partial charge in [0.2, 0.25) is 0 Å². The summed E-state index contributed by atoms with van der Waals surface area (Å²) in [7, 11) is 0. The number of carbonyl (C=O) groups is 1. The Labute approximate surface area is 41.4 Å². The van der Waals surface area contributed by atoms with Crippen LogP contribution in [-0.2, 0) is 4.79 Å². The van der Waals surface area contributed by atoms with Crippen molar-refractivity contribution in [3.05, 3.63) is 12.7 Å². The van der Waals surface area contributed by atoms with E-state index in [1.54, 1.807) is 0 Å². The highest BCUT2D eigenvalue weighted by atomic mass is 16.4. The molecule has 0 amide bonds. The van der Waals surface area contributed by atoms with Gasteiger partial charge in [-0.2, -0.15) is 0 Å². The van der Waals surface area contributed by atoms with Crippen molar-refractivity contribution in [3.63, 3.8) is 0 Å². The fourth-order valence-corrected chi connectivity index (χ4v) is 0. The highest BCUT2D eigenvalue weighted by molar-refractivity contribution is 5.76. The Balaban J connectivity index is 0. The van der Waals surface area contributed by atoms with E-state index in [2.05, 4.69) is 18.3 Å². The molecule has 42 valence electrons. The monoisotopic (exact) mass is 103 g/mol. The van der Waals surface area contributed by atoms with Crippen molar-refractivity contribution in [2.75, 3.05) is 0 Å². The van der Waals surface area contributed by atoms with Crippen LogP contribution in [0.15, 0.2) is 12.7 Å². The molecule has 0 saturated heterocycles. The molecule has 0 atom stereocenters. The number of carboxylic acid groups (broad SMARTS) is 1. The molecule has 4 N–H and O–H groups in total. The lowest BCUT2D eigenvalue weighted by molar-refractivity contribution is -0.297. The van der Waals surface area contributed by atoms with Crippen LogP contribution in [-0.4, -0.2) is 5.97 Å². The maximum Gasteiger partial charge on any atom is 0.0636 e. The summed E-state index contributed by atoms with van der Waals surface area (Å²) in [4.78, 5) is 9.14. The molecule has 0 saturated carbocycles. The van der Waals surface area contributed by atoms with Gasteiger partial charge < -0.3 is 9.90 Å². The van der Waals surface area contributed by atoms with E-state index >= 15 is 0 Å². The third-order valence-electron chi connectivity index (χ3n) is 0.167. The molecule has 7 heavy (non-hydrogen) atoms. The molecule has 0 aliphatic heterocycles. The predicted molar refractivity (Wildman–Crippen MR) is 23.6 cm³/mol. The SMILES string of the molecule is C=CC(=O)[O-].NN. The number of hydrogen-bond acceptors (Lipinski definition) is 4. The van der Waals surface area contributed by atoms with E-state index in [9.17, 15) is 0 Å². The van der Waals surface area contributed by atoms with Crippen molar-refractivity contribution in [1.29, 1.82) is 0 Å². The Bertz CT molecular complexity index is 62.0. The Morgan fingerprint density at radius 3 is 1.86 bits per heavy atom. The van der Waals surface area contributed by atoms with Gasteiger partial charge in [0.05, 0.1) is 5.97 Å².